The van der Waals surface area contributed by atoms with Crippen LogP contribution in [-0.4, -0.2) is 39.9 Å². The van der Waals surface area contributed by atoms with Crippen LogP contribution in [0.15, 0.2) is 60.7 Å². The molecule has 164 valence electrons. The first kappa shape index (κ1) is 26.0. The summed E-state index contributed by atoms with van der Waals surface area (Å²) in [5.74, 6) is -3.65. The van der Waals surface area contributed by atoms with Crippen molar-refractivity contribution in [2.45, 2.75) is 31.6 Å². The van der Waals surface area contributed by atoms with E-state index < -0.39 is 37.0 Å². The molecular formula is C21H28BrN2O5P. The van der Waals surface area contributed by atoms with Crippen LogP contribution in [0.25, 0.3) is 0 Å². The maximum Gasteiger partial charge on any atom is 0.325 e. The first-order valence-electron chi connectivity index (χ1n) is 9.37. The molecule has 0 aliphatic heterocycles. The van der Waals surface area contributed by atoms with Gasteiger partial charge in [0.15, 0.2) is 0 Å². The summed E-state index contributed by atoms with van der Waals surface area (Å²) in [6.45, 7) is 1.35. The molecular weight excluding hydrogens is 471 g/mol. The minimum absolute atomic E-state index is 0. The number of carbonyl (C=O) groups is 2. The highest BCUT2D eigenvalue weighted by Gasteiger charge is 2.35. The predicted molar refractivity (Wildman–Crippen MR) is 122 cm³/mol. The van der Waals surface area contributed by atoms with Crippen molar-refractivity contribution in [3.05, 3.63) is 71.8 Å². The second kappa shape index (κ2) is 12.0. The number of nitrogens with two attached hydrogens (primary N) is 1. The molecule has 0 heterocycles. The van der Waals surface area contributed by atoms with E-state index in [0.29, 0.717) is 0 Å². The van der Waals surface area contributed by atoms with E-state index >= 15 is 0 Å². The van der Waals surface area contributed by atoms with Crippen molar-refractivity contribution in [2.24, 2.45) is 11.7 Å². The summed E-state index contributed by atoms with van der Waals surface area (Å²) >= 11 is 0. The smallest absolute Gasteiger partial charge is 0.325 e. The number of hydrogen-bond donors (Lipinski definition) is 4. The summed E-state index contributed by atoms with van der Waals surface area (Å²) in [6.07, 6.45) is 0.0928. The second-order valence-corrected chi connectivity index (χ2v) is 9.69. The van der Waals surface area contributed by atoms with Crippen LogP contribution in [0.3, 0.4) is 0 Å². The molecule has 0 aliphatic rings. The van der Waals surface area contributed by atoms with E-state index in [9.17, 15) is 19.0 Å². The zero-order valence-electron chi connectivity index (χ0n) is 16.7. The Morgan fingerprint density at radius 2 is 1.47 bits per heavy atom. The molecule has 30 heavy (non-hydrogen) atoms. The highest BCUT2D eigenvalue weighted by Crippen LogP contribution is 2.47. The topological polar surface area (TPSA) is 130 Å². The third-order valence-electron chi connectivity index (χ3n) is 4.71. The van der Waals surface area contributed by atoms with Gasteiger partial charge in [0, 0.05) is 6.16 Å². The third kappa shape index (κ3) is 8.03. The Bertz CT molecular complexity index is 866. The van der Waals surface area contributed by atoms with E-state index in [2.05, 4.69) is 5.32 Å². The maximum atomic E-state index is 13.0. The number of benzene rings is 2. The van der Waals surface area contributed by atoms with Gasteiger partial charge >= 0.3 is 5.97 Å². The van der Waals surface area contributed by atoms with E-state index in [0.717, 1.165) is 11.1 Å². The Labute approximate surface area is 186 Å². The van der Waals surface area contributed by atoms with Crippen LogP contribution < -0.4 is 11.1 Å². The zero-order chi connectivity index (χ0) is 21.4. The van der Waals surface area contributed by atoms with Gasteiger partial charge < -0.3 is 21.1 Å². The lowest BCUT2D eigenvalue weighted by Crippen LogP contribution is -2.43. The lowest BCUT2D eigenvalue weighted by molar-refractivity contribution is -0.141. The van der Waals surface area contributed by atoms with E-state index in [4.69, 9.17) is 10.8 Å². The first-order chi connectivity index (χ1) is 13.7. The number of carboxylic acid groups (broad SMARTS) is 1. The Kier molecular flexibility index (Phi) is 10.4. The summed E-state index contributed by atoms with van der Waals surface area (Å²) in [7, 11) is -3.89. The number of carbonyl (C=O) groups excluding carboxylic acids is 1. The molecule has 0 saturated carbocycles. The number of hydrogen-bond acceptors (Lipinski definition) is 4. The average Bonchev–Trinajstić information content (AvgIpc) is 2.68. The summed E-state index contributed by atoms with van der Waals surface area (Å²) in [6, 6.07) is 17.1. The average molecular weight is 499 g/mol. The highest BCUT2D eigenvalue weighted by molar-refractivity contribution is 8.93. The van der Waals surface area contributed by atoms with Crippen molar-refractivity contribution in [1.82, 2.24) is 5.32 Å². The van der Waals surface area contributed by atoms with Crippen molar-refractivity contribution in [3.63, 3.8) is 0 Å². The first-order valence-corrected chi connectivity index (χ1v) is 11.3. The molecule has 0 aromatic heterocycles. The molecule has 0 bridgehead atoms. The van der Waals surface area contributed by atoms with E-state index in [1.165, 1.54) is 6.92 Å². The fourth-order valence-electron chi connectivity index (χ4n) is 2.98. The summed E-state index contributed by atoms with van der Waals surface area (Å²) in [5.41, 5.74) is 7.68. The van der Waals surface area contributed by atoms with Crippen molar-refractivity contribution in [2.75, 3.05) is 6.16 Å². The number of halogens is 1. The van der Waals surface area contributed by atoms with Crippen LogP contribution in [0.2, 0.25) is 0 Å². The number of amides is 1. The zero-order valence-corrected chi connectivity index (χ0v) is 19.3. The molecule has 2 aromatic rings. The van der Waals surface area contributed by atoms with Crippen molar-refractivity contribution in [1.29, 1.82) is 0 Å². The number of nitrogens with one attached hydrogen (secondary N) is 1. The van der Waals surface area contributed by atoms with Gasteiger partial charge in [-0.15, -0.1) is 17.0 Å². The summed E-state index contributed by atoms with van der Waals surface area (Å²) in [4.78, 5) is 34.4. The second-order valence-electron chi connectivity index (χ2n) is 7.15. The monoisotopic (exact) mass is 498 g/mol. The maximum absolute atomic E-state index is 13.0. The van der Waals surface area contributed by atoms with Crippen LogP contribution in [0.4, 0.5) is 0 Å². The van der Waals surface area contributed by atoms with Crippen molar-refractivity contribution >= 4 is 36.2 Å². The Morgan fingerprint density at radius 3 is 1.93 bits per heavy atom. The Hall–Kier alpha value is -1.99. The van der Waals surface area contributed by atoms with Gasteiger partial charge in [0.25, 0.3) is 0 Å². The molecule has 3 unspecified atom stereocenters. The molecule has 0 aliphatic carbocycles. The lowest BCUT2D eigenvalue weighted by atomic mass is 10.00. The summed E-state index contributed by atoms with van der Waals surface area (Å²) < 4.78 is 13.0. The SMILES string of the molecule is Br.C[C@H](NC(=O)C(Cc1ccccc1)CP(=O)(O)C(N)Cc1ccccc1)C(=O)O. The molecule has 2 rings (SSSR count). The molecule has 7 nitrogen and oxygen atoms in total. The standard InChI is InChI=1S/C21H27N2O5P.BrH/c1-15(21(25)26)23-20(24)18(12-16-8-4-2-5-9-16)14-29(27,28)19(22)13-17-10-6-3-7-11-17;/h2-11,15,18-19H,12-14,22H2,1H3,(H,23,24)(H,25,26)(H,27,28);1H/t15-,18?,19?;/m0./s1. The molecule has 0 spiro atoms. The number of carboxylic acids is 1. The molecule has 0 radical (unpaired) electrons. The molecule has 9 heteroatoms. The summed E-state index contributed by atoms with van der Waals surface area (Å²) in [5, 5.41) is 11.4. The quantitative estimate of drug-likeness (QED) is 0.372. The van der Waals surface area contributed by atoms with Gasteiger partial charge in [-0.1, -0.05) is 60.7 Å². The van der Waals surface area contributed by atoms with E-state index in [1.807, 2.05) is 60.7 Å². The molecule has 2 aromatic carbocycles. The lowest BCUT2D eigenvalue weighted by Gasteiger charge is -2.25. The van der Waals surface area contributed by atoms with Crippen LogP contribution in [0, 0.1) is 5.92 Å². The Balaban J connectivity index is 0.00000450. The van der Waals surface area contributed by atoms with Gasteiger partial charge in [-0.05, 0) is 30.9 Å². The van der Waals surface area contributed by atoms with Gasteiger partial charge in [0.05, 0.1) is 11.7 Å². The van der Waals surface area contributed by atoms with Gasteiger partial charge in [0.1, 0.15) is 6.04 Å². The number of rotatable bonds is 10. The van der Waals surface area contributed by atoms with Crippen LogP contribution in [-0.2, 0) is 27.0 Å². The molecule has 1 amide bonds. The fraction of sp³-hybridized carbons (Fsp3) is 0.333. The molecule has 5 N–H and O–H groups in total. The van der Waals surface area contributed by atoms with E-state index in [-0.39, 0.29) is 36.0 Å². The molecule has 4 atom stereocenters. The van der Waals surface area contributed by atoms with Crippen LogP contribution in [0.1, 0.15) is 18.1 Å². The highest BCUT2D eigenvalue weighted by atomic mass is 79.9. The molecule has 0 fully saturated rings. The van der Waals surface area contributed by atoms with Crippen LogP contribution in [0.5, 0.6) is 0 Å². The van der Waals surface area contributed by atoms with Crippen molar-refractivity contribution in [3.8, 4) is 0 Å². The predicted octanol–water partition coefficient (Wildman–Crippen LogP) is 2.81. The van der Waals surface area contributed by atoms with Gasteiger partial charge in [-0.25, -0.2) is 0 Å². The van der Waals surface area contributed by atoms with Gasteiger partial charge in [-0.2, -0.15) is 0 Å². The van der Waals surface area contributed by atoms with Gasteiger partial charge in [0.2, 0.25) is 13.3 Å². The number of aliphatic carboxylic acids is 1. The largest absolute Gasteiger partial charge is 0.480 e. The van der Waals surface area contributed by atoms with Crippen LogP contribution >= 0.6 is 24.4 Å². The van der Waals surface area contributed by atoms with E-state index in [1.54, 1.807) is 0 Å². The normalized spacial score (nSPS) is 15.7. The third-order valence-corrected chi connectivity index (χ3v) is 6.90. The minimum atomic E-state index is -3.89. The van der Waals surface area contributed by atoms with Crippen molar-refractivity contribution < 1.29 is 24.2 Å². The van der Waals surface area contributed by atoms with Gasteiger partial charge in [-0.3, -0.25) is 14.2 Å². The minimum Gasteiger partial charge on any atom is -0.480 e. The molecule has 0 saturated heterocycles. The Morgan fingerprint density at radius 1 is 1.00 bits per heavy atom. The fourth-order valence-corrected chi connectivity index (χ4v) is 4.67.